The molecule has 0 aliphatic carbocycles. The second kappa shape index (κ2) is 8.20. The van der Waals surface area contributed by atoms with E-state index in [0.29, 0.717) is 22.6 Å². The van der Waals surface area contributed by atoms with Gasteiger partial charge in [-0.05, 0) is 40.2 Å². The highest BCUT2D eigenvalue weighted by atomic mass is 35.5. The molecule has 122 valence electrons. The van der Waals surface area contributed by atoms with Gasteiger partial charge in [-0.15, -0.1) is 0 Å². The zero-order chi connectivity index (χ0) is 18.2. The number of H-pyrrole nitrogens is 1. The van der Waals surface area contributed by atoms with Crippen molar-refractivity contribution in [2.24, 2.45) is 0 Å². The van der Waals surface area contributed by atoms with Crippen LogP contribution in [0.15, 0.2) is 53.3 Å². The van der Waals surface area contributed by atoms with Gasteiger partial charge in [-0.25, -0.2) is 19.6 Å². The molecule has 3 aromatic rings. The van der Waals surface area contributed by atoms with Crippen LogP contribution in [0.25, 0.3) is 15.4 Å². The number of halogens is 1. The lowest BCUT2D eigenvalue weighted by molar-refractivity contribution is 0.108. The second-order valence-electron chi connectivity index (χ2n) is 4.49. The summed E-state index contributed by atoms with van der Waals surface area (Å²) in [5, 5.41) is 8.55. The molecule has 0 fully saturated rings. The molecule has 0 unspecified atom stereocenters. The second-order valence-corrected chi connectivity index (χ2v) is 4.83. The fourth-order valence-corrected chi connectivity index (χ4v) is 1.88. The summed E-state index contributed by atoms with van der Waals surface area (Å²) in [4.78, 5) is 28.1. The van der Waals surface area contributed by atoms with Crippen molar-refractivity contribution >= 4 is 28.2 Å². The summed E-state index contributed by atoms with van der Waals surface area (Å²) in [6.45, 7) is 13.5. The first-order valence-electron chi connectivity index (χ1n) is 6.71. The quantitative estimate of drug-likeness (QED) is 0.566. The highest BCUT2D eigenvalue weighted by Gasteiger charge is 2.02. The van der Waals surface area contributed by atoms with Crippen LogP contribution in [-0.2, 0) is 0 Å². The maximum atomic E-state index is 11.1. The number of hydrogen-bond acceptors (Lipinski definition) is 4. The van der Waals surface area contributed by atoms with E-state index in [0.717, 1.165) is 4.68 Å². The number of hydrogen-bond donors (Lipinski definition) is 1. The third kappa shape index (κ3) is 4.61. The normalized spacial score (nSPS) is 9.24. The molecule has 0 saturated carbocycles. The van der Waals surface area contributed by atoms with E-state index in [2.05, 4.69) is 25.2 Å². The molecule has 0 aliphatic heterocycles. The Labute approximate surface area is 146 Å². The molecule has 3 rings (SSSR count). The Morgan fingerprint density at radius 1 is 1.08 bits per heavy atom. The molecule has 0 saturated heterocycles. The number of benzene rings is 2. The van der Waals surface area contributed by atoms with Crippen molar-refractivity contribution in [2.75, 3.05) is 0 Å². The van der Waals surface area contributed by atoms with Crippen molar-refractivity contribution in [2.45, 2.75) is 0 Å². The van der Waals surface area contributed by atoms with Crippen molar-refractivity contribution in [1.82, 2.24) is 20.2 Å². The van der Waals surface area contributed by atoms with Gasteiger partial charge in [-0.3, -0.25) is 4.79 Å². The van der Waals surface area contributed by atoms with Gasteiger partial charge in [0.1, 0.15) is 0 Å². The van der Waals surface area contributed by atoms with Gasteiger partial charge in [0.2, 0.25) is 0 Å². The first-order valence-corrected chi connectivity index (χ1v) is 7.08. The number of rotatable bonds is 2. The molecule has 8 nitrogen and oxygen atoms in total. The van der Waals surface area contributed by atoms with Gasteiger partial charge in [0.05, 0.1) is 18.8 Å². The third-order valence-electron chi connectivity index (χ3n) is 2.88. The standard InChI is InChI=1S/C8H4ClNO.C8H5N5O/c1-10-7-4-2-3-6(5-7)8(9)11;1-9-6-3-2-4-7(5-6)13-8(14)10-11-12-13/h2-5H;2-5H,(H,10,12,14). The van der Waals surface area contributed by atoms with Crippen LogP contribution in [0.4, 0.5) is 11.4 Å². The minimum atomic E-state index is -0.532. The minimum absolute atomic E-state index is 0.361. The molecule has 0 radical (unpaired) electrons. The van der Waals surface area contributed by atoms with Crippen molar-refractivity contribution in [3.63, 3.8) is 0 Å². The molecule has 25 heavy (non-hydrogen) atoms. The largest absolute Gasteiger partial charge is 0.365 e. The minimum Gasteiger partial charge on any atom is -0.276 e. The van der Waals surface area contributed by atoms with E-state index >= 15 is 0 Å². The number of carbonyl (C=O) groups is 1. The lowest BCUT2D eigenvalue weighted by Gasteiger charge is -1.97. The van der Waals surface area contributed by atoms with Crippen molar-refractivity contribution < 1.29 is 4.79 Å². The summed E-state index contributed by atoms with van der Waals surface area (Å²) >= 11 is 5.19. The van der Waals surface area contributed by atoms with E-state index in [9.17, 15) is 9.59 Å². The maximum absolute atomic E-state index is 11.1. The van der Waals surface area contributed by atoms with Crippen LogP contribution in [0, 0.1) is 13.1 Å². The average Bonchev–Trinajstić information content (AvgIpc) is 3.08. The van der Waals surface area contributed by atoms with Crippen LogP contribution in [-0.4, -0.2) is 25.4 Å². The number of aromatic amines is 1. The topological polar surface area (TPSA) is 89.4 Å². The SMILES string of the molecule is [C-]#[N+]c1cccc(-n2nn[nH]c2=O)c1.[C-]#[N+]c1cccc(C(=O)Cl)c1. The Morgan fingerprint density at radius 3 is 2.28 bits per heavy atom. The molecule has 0 atom stereocenters. The van der Waals surface area contributed by atoms with Crippen LogP contribution in [0.2, 0.25) is 0 Å². The van der Waals surface area contributed by atoms with Crippen LogP contribution in [0.3, 0.4) is 0 Å². The molecule has 0 amide bonds. The molecule has 1 N–H and O–H groups in total. The predicted molar refractivity (Wildman–Crippen MR) is 91.1 cm³/mol. The Kier molecular flexibility index (Phi) is 5.77. The molecular weight excluding hydrogens is 344 g/mol. The highest BCUT2D eigenvalue weighted by molar-refractivity contribution is 6.67. The Balaban J connectivity index is 0.000000186. The summed E-state index contributed by atoms with van der Waals surface area (Å²) < 4.78 is 1.09. The van der Waals surface area contributed by atoms with Crippen LogP contribution in [0.5, 0.6) is 0 Å². The Hall–Kier alpha value is -3.75. The summed E-state index contributed by atoms with van der Waals surface area (Å²) in [7, 11) is 0. The van der Waals surface area contributed by atoms with Gasteiger partial charge in [-0.2, -0.15) is 4.68 Å². The molecule has 9 heteroatoms. The van der Waals surface area contributed by atoms with Gasteiger partial charge in [0.15, 0.2) is 11.4 Å². The zero-order valence-electron chi connectivity index (χ0n) is 12.5. The van der Waals surface area contributed by atoms with Gasteiger partial charge in [0, 0.05) is 5.56 Å². The fraction of sp³-hybridized carbons (Fsp3) is 0. The number of aromatic nitrogens is 4. The first-order chi connectivity index (χ1) is 12.0. The van der Waals surface area contributed by atoms with Crippen LogP contribution in [0.1, 0.15) is 10.4 Å². The maximum Gasteiger partial charge on any atom is 0.365 e. The van der Waals surface area contributed by atoms with E-state index in [4.69, 9.17) is 24.7 Å². The lowest BCUT2D eigenvalue weighted by Crippen LogP contribution is -2.15. The van der Waals surface area contributed by atoms with Gasteiger partial charge < -0.3 is 0 Å². The van der Waals surface area contributed by atoms with E-state index in [1.807, 2.05) is 0 Å². The van der Waals surface area contributed by atoms with E-state index < -0.39 is 10.9 Å². The molecule has 1 aromatic heterocycles. The van der Waals surface area contributed by atoms with Crippen LogP contribution < -0.4 is 5.69 Å². The summed E-state index contributed by atoms with van der Waals surface area (Å²) in [6, 6.07) is 12.9. The molecule has 0 spiro atoms. The van der Waals surface area contributed by atoms with Gasteiger partial charge in [0.25, 0.3) is 5.24 Å². The molecule has 0 aliphatic rings. The van der Waals surface area contributed by atoms with Crippen molar-refractivity contribution in [3.8, 4) is 5.69 Å². The van der Waals surface area contributed by atoms with Crippen molar-refractivity contribution in [1.29, 1.82) is 0 Å². The average molecular weight is 353 g/mol. The van der Waals surface area contributed by atoms with Crippen LogP contribution >= 0.6 is 11.6 Å². The lowest BCUT2D eigenvalue weighted by atomic mass is 10.2. The Bertz CT molecular complexity index is 1040. The highest BCUT2D eigenvalue weighted by Crippen LogP contribution is 2.15. The van der Waals surface area contributed by atoms with Gasteiger partial charge in [-0.1, -0.05) is 30.3 Å². The number of tetrazole rings is 1. The van der Waals surface area contributed by atoms with E-state index in [1.165, 1.54) is 6.07 Å². The first kappa shape index (κ1) is 17.6. The number of nitrogens with one attached hydrogen (secondary N) is 1. The summed E-state index contributed by atoms with van der Waals surface area (Å²) in [6.07, 6.45) is 0. The molecule has 2 aromatic carbocycles. The summed E-state index contributed by atoms with van der Waals surface area (Å²) in [5.41, 5.74) is 1.35. The van der Waals surface area contributed by atoms with Gasteiger partial charge >= 0.3 is 5.69 Å². The fourth-order valence-electron chi connectivity index (χ4n) is 1.76. The number of carbonyl (C=O) groups excluding carboxylic acids is 1. The van der Waals surface area contributed by atoms with Crippen molar-refractivity contribution in [3.05, 3.63) is 87.4 Å². The molecular formula is C16H9ClN6O2. The third-order valence-corrected chi connectivity index (χ3v) is 3.10. The number of nitrogens with zero attached hydrogens (tertiary/aromatic N) is 5. The summed E-state index contributed by atoms with van der Waals surface area (Å²) in [5.74, 6) is 0. The molecule has 1 heterocycles. The Morgan fingerprint density at radius 2 is 1.72 bits per heavy atom. The predicted octanol–water partition coefficient (Wildman–Crippen LogP) is 3.12. The van der Waals surface area contributed by atoms with E-state index in [1.54, 1.807) is 42.5 Å². The zero-order valence-corrected chi connectivity index (χ0v) is 13.3. The molecule has 0 bridgehead atoms. The monoisotopic (exact) mass is 352 g/mol. The van der Waals surface area contributed by atoms with E-state index in [-0.39, 0.29) is 0 Å². The smallest absolute Gasteiger partial charge is 0.276 e.